The quantitative estimate of drug-likeness (QED) is 0.593. The number of ketones is 1. The predicted molar refractivity (Wildman–Crippen MR) is 60.1 cm³/mol. The fourth-order valence-corrected chi connectivity index (χ4v) is 1.59. The van der Waals surface area contributed by atoms with Gasteiger partial charge in [0.25, 0.3) is 5.69 Å². The van der Waals surface area contributed by atoms with E-state index in [-0.39, 0.29) is 29.0 Å². The average Bonchev–Trinajstić information content (AvgIpc) is 2.27. The summed E-state index contributed by atoms with van der Waals surface area (Å²) in [5.41, 5.74) is -0.570. The van der Waals surface area contributed by atoms with Gasteiger partial charge in [0.15, 0.2) is 6.10 Å². The summed E-state index contributed by atoms with van der Waals surface area (Å²) in [6, 6.07) is 3.68. The molecule has 0 radical (unpaired) electrons. The molecule has 0 bridgehead atoms. The predicted octanol–water partition coefficient (Wildman–Crippen LogP) is 0.844. The highest BCUT2D eigenvalue weighted by Crippen LogP contribution is 2.27. The Morgan fingerprint density at radius 1 is 1.44 bits per heavy atom. The molecule has 7 nitrogen and oxygen atoms in total. The summed E-state index contributed by atoms with van der Waals surface area (Å²) in [4.78, 5) is 31.9. The summed E-state index contributed by atoms with van der Waals surface area (Å²) < 4.78 is 0. The number of benzene rings is 1. The van der Waals surface area contributed by atoms with Gasteiger partial charge in [-0.3, -0.25) is 14.9 Å². The first-order valence-corrected chi connectivity index (χ1v) is 5.01. The molecule has 2 N–H and O–H groups in total. The Morgan fingerprint density at radius 2 is 2.06 bits per heavy atom. The number of nitrogens with zero attached hydrogens (tertiary/aromatic N) is 1. The van der Waals surface area contributed by atoms with Gasteiger partial charge in [0.1, 0.15) is 5.78 Å². The lowest BCUT2D eigenvalue weighted by Gasteiger charge is -2.11. The summed E-state index contributed by atoms with van der Waals surface area (Å²) in [7, 11) is 0. The number of hydrogen-bond donors (Lipinski definition) is 2. The van der Waals surface area contributed by atoms with Crippen molar-refractivity contribution in [1.29, 1.82) is 0 Å². The van der Waals surface area contributed by atoms with Crippen molar-refractivity contribution in [2.24, 2.45) is 0 Å². The van der Waals surface area contributed by atoms with Gasteiger partial charge < -0.3 is 10.2 Å². The number of hydrogen-bond acceptors (Lipinski definition) is 5. The lowest BCUT2D eigenvalue weighted by atomic mass is 9.96. The second-order valence-corrected chi connectivity index (χ2v) is 3.72. The second kappa shape index (κ2) is 5.37. The zero-order valence-electron chi connectivity index (χ0n) is 9.49. The standard InChI is InChI=1S/C11H11NO6/c1-6(13)5-8-7(10(14)11(15)16)3-2-4-9(8)12(17)18/h2-4,10,14H,5H2,1H3,(H,15,16). The van der Waals surface area contributed by atoms with Crippen LogP contribution in [0, 0.1) is 10.1 Å². The normalized spacial score (nSPS) is 11.9. The third kappa shape index (κ3) is 2.89. The van der Waals surface area contributed by atoms with Crippen LogP contribution in [0.1, 0.15) is 24.2 Å². The Labute approximate surface area is 102 Å². The first-order chi connectivity index (χ1) is 8.34. The van der Waals surface area contributed by atoms with Crippen molar-refractivity contribution in [3.8, 4) is 0 Å². The van der Waals surface area contributed by atoms with Crippen LogP contribution in [0.2, 0.25) is 0 Å². The van der Waals surface area contributed by atoms with E-state index < -0.39 is 17.0 Å². The molecule has 7 heteroatoms. The first kappa shape index (κ1) is 13.8. The summed E-state index contributed by atoms with van der Waals surface area (Å²) in [6.07, 6.45) is -2.18. The van der Waals surface area contributed by atoms with Crippen molar-refractivity contribution >= 4 is 17.4 Å². The topological polar surface area (TPSA) is 118 Å². The molecule has 0 aliphatic heterocycles. The molecular formula is C11H11NO6. The molecule has 1 unspecified atom stereocenters. The number of aliphatic hydroxyl groups excluding tert-OH is 1. The van der Waals surface area contributed by atoms with Gasteiger partial charge in [0.05, 0.1) is 4.92 Å². The number of aliphatic hydroxyl groups is 1. The molecule has 96 valence electrons. The van der Waals surface area contributed by atoms with Crippen molar-refractivity contribution in [2.75, 3.05) is 0 Å². The maximum atomic E-state index is 11.1. The zero-order valence-corrected chi connectivity index (χ0v) is 9.49. The Kier molecular flexibility index (Phi) is 4.11. The highest BCUT2D eigenvalue weighted by Gasteiger charge is 2.26. The lowest BCUT2D eigenvalue weighted by molar-refractivity contribution is -0.385. The molecule has 1 atom stereocenters. The van der Waals surface area contributed by atoms with Crippen LogP contribution in [0.5, 0.6) is 0 Å². The average molecular weight is 253 g/mol. The molecule has 0 aliphatic carbocycles. The molecule has 0 amide bonds. The third-order valence-electron chi connectivity index (χ3n) is 2.34. The number of carboxylic acid groups (broad SMARTS) is 1. The highest BCUT2D eigenvalue weighted by molar-refractivity contribution is 5.82. The molecule has 1 rings (SSSR count). The Balaban J connectivity index is 3.41. The number of nitro benzene ring substituents is 1. The molecule has 0 saturated carbocycles. The molecule has 0 aliphatic rings. The van der Waals surface area contributed by atoms with Crippen molar-refractivity contribution < 1.29 is 24.7 Å². The summed E-state index contributed by atoms with van der Waals surface area (Å²) in [6.45, 7) is 1.23. The van der Waals surface area contributed by atoms with E-state index in [1.54, 1.807) is 0 Å². The van der Waals surface area contributed by atoms with E-state index >= 15 is 0 Å². The number of carboxylic acids is 1. The third-order valence-corrected chi connectivity index (χ3v) is 2.34. The molecule has 0 aromatic heterocycles. The van der Waals surface area contributed by atoms with Gasteiger partial charge in [-0.25, -0.2) is 4.79 Å². The maximum absolute atomic E-state index is 11.1. The van der Waals surface area contributed by atoms with Crippen LogP contribution in [-0.4, -0.2) is 26.9 Å². The van der Waals surface area contributed by atoms with Crippen LogP contribution in [0.3, 0.4) is 0 Å². The Bertz CT molecular complexity index is 510. The number of carbonyl (C=O) groups excluding carboxylic acids is 1. The SMILES string of the molecule is CC(=O)Cc1c(C(O)C(=O)O)cccc1[N+](=O)[O-]. The first-order valence-electron chi connectivity index (χ1n) is 5.01. The van der Waals surface area contributed by atoms with Gasteiger partial charge in [-0.1, -0.05) is 12.1 Å². The Morgan fingerprint density at radius 3 is 2.50 bits per heavy atom. The largest absolute Gasteiger partial charge is 0.479 e. The Hall–Kier alpha value is -2.28. The van der Waals surface area contributed by atoms with Crippen LogP contribution in [0.4, 0.5) is 5.69 Å². The smallest absolute Gasteiger partial charge is 0.337 e. The van der Waals surface area contributed by atoms with Gasteiger partial charge in [0.2, 0.25) is 0 Å². The van der Waals surface area contributed by atoms with E-state index in [0.29, 0.717) is 0 Å². The molecule has 0 saturated heterocycles. The molecular weight excluding hydrogens is 242 g/mol. The molecule has 0 spiro atoms. The van der Waals surface area contributed by atoms with E-state index in [1.165, 1.54) is 19.1 Å². The van der Waals surface area contributed by atoms with E-state index in [4.69, 9.17) is 5.11 Å². The number of aliphatic carboxylic acids is 1. The zero-order chi connectivity index (χ0) is 13.9. The van der Waals surface area contributed by atoms with E-state index in [2.05, 4.69) is 0 Å². The maximum Gasteiger partial charge on any atom is 0.337 e. The van der Waals surface area contributed by atoms with E-state index in [9.17, 15) is 24.8 Å². The van der Waals surface area contributed by atoms with Crippen LogP contribution in [0.25, 0.3) is 0 Å². The molecule has 0 heterocycles. The van der Waals surface area contributed by atoms with Crippen LogP contribution >= 0.6 is 0 Å². The number of carbonyl (C=O) groups is 2. The van der Waals surface area contributed by atoms with Crippen LogP contribution in [-0.2, 0) is 16.0 Å². The minimum atomic E-state index is -1.89. The van der Waals surface area contributed by atoms with Crippen LogP contribution in [0.15, 0.2) is 18.2 Å². The van der Waals surface area contributed by atoms with E-state index in [0.717, 1.165) is 6.07 Å². The van der Waals surface area contributed by atoms with Crippen molar-refractivity contribution in [3.05, 3.63) is 39.4 Å². The monoisotopic (exact) mass is 253 g/mol. The lowest BCUT2D eigenvalue weighted by Crippen LogP contribution is -2.15. The fraction of sp³-hybridized carbons (Fsp3) is 0.273. The van der Waals surface area contributed by atoms with E-state index in [1.807, 2.05) is 0 Å². The van der Waals surface area contributed by atoms with Crippen molar-refractivity contribution in [2.45, 2.75) is 19.4 Å². The summed E-state index contributed by atoms with van der Waals surface area (Å²) >= 11 is 0. The molecule has 1 aromatic rings. The van der Waals surface area contributed by atoms with Gasteiger partial charge in [-0.05, 0) is 6.92 Å². The van der Waals surface area contributed by atoms with Gasteiger partial charge in [-0.2, -0.15) is 0 Å². The van der Waals surface area contributed by atoms with Gasteiger partial charge in [-0.15, -0.1) is 0 Å². The second-order valence-electron chi connectivity index (χ2n) is 3.72. The minimum Gasteiger partial charge on any atom is -0.479 e. The summed E-state index contributed by atoms with van der Waals surface area (Å²) in [5.74, 6) is -1.89. The summed E-state index contributed by atoms with van der Waals surface area (Å²) in [5, 5.41) is 29.0. The number of nitro groups is 1. The highest BCUT2D eigenvalue weighted by atomic mass is 16.6. The van der Waals surface area contributed by atoms with Gasteiger partial charge >= 0.3 is 5.97 Å². The van der Waals surface area contributed by atoms with Crippen LogP contribution < -0.4 is 0 Å². The van der Waals surface area contributed by atoms with Gasteiger partial charge in [0, 0.05) is 23.6 Å². The van der Waals surface area contributed by atoms with Crippen molar-refractivity contribution in [3.63, 3.8) is 0 Å². The molecule has 18 heavy (non-hydrogen) atoms. The molecule has 1 aromatic carbocycles. The number of rotatable bonds is 5. The number of Topliss-reactive ketones (excluding diaryl/α,β-unsaturated/α-hetero) is 1. The fourth-order valence-electron chi connectivity index (χ4n) is 1.59. The molecule has 0 fully saturated rings. The minimum absolute atomic E-state index is 0.0649. The van der Waals surface area contributed by atoms with Crippen molar-refractivity contribution in [1.82, 2.24) is 0 Å².